The monoisotopic (exact) mass is 273 g/mol. The fourth-order valence-electron chi connectivity index (χ4n) is 1.24. The average molecular weight is 273 g/mol. The second kappa shape index (κ2) is 6.31. The number of carbonyl (C=O) groups excluding carboxylic acids is 1. The predicted octanol–water partition coefficient (Wildman–Crippen LogP) is 0.0847. The van der Waals surface area contributed by atoms with Gasteiger partial charge in [-0.1, -0.05) is 0 Å². The first-order chi connectivity index (χ1) is 8.40. The molecule has 0 aromatic carbocycles. The number of hydrogen-bond donors (Lipinski definition) is 4. The SMILES string of the molecule is Cc1ncc(CNC(=O)NC(C(=O)O)C(C)O)s1. The molecule has 0 aliphatic rings. The van der Waals surface area contributed by atoms with E-state index in [9.17, 15) is 14.7 Å². The van der Waals surface area contributed by atoms with Crippen LogP contribution in [-0.4, -0.2) is 39.3 Å². The fourth-order valence-corrected chi connectivity index (χ4v) is 1.97. The molecule has 7 nitrogen and oxygen atoms in total. The number of urea groups is 1. The number of aromatic nitrogens is 1. The number of rotatable bonds is 5. The van der Waals surface area contributed by atoms with E-state index in [1.54, 1.807) is 6.20 Å². The highest BCUT2D eigenvalue weighted by Crippen LogP contribution is 2.10. The molecule has 2 unspecified atom stereocenters. The van der Waals surface area contributed by atoms with Gasteiger partial charge in [-0.05, 0) is 13.8 Å². The molecule has 1 aromatic heterocycles. The molecule has 100 valence electrons. The molecule has 2 atom stereocenters. The zero-order chi connectivity index (χ0) is 13.7. The van der Waals surface area contributed by atoms with Gasteiger partial charge in [0.25, 0.3) is 0 Å². The van der Waals surface area contributed by atoms with E-state index in [2.05, 4.69) is 15.6 Å². The summed E-state index contributed by atoms with van der Waals surface area (Å²) in [7, 11) is 0. The van der Waals surface area contributed by atoms with Gasteiger partial charge >= 0.3 is 12.0 Å². The molecule has 0 bridgehead atoms. The number of carboxylic acid groups (broad SMARTS) is 1. The summed E-state index contributed by atoms with van der Waals surface area (Å²) in [6.07, 6.45) is 0.475. The Balaban J connectivity index is 2.43. The number of aliphatic carboxylic acids is 1. The molecule has 2 amide bonds. The van der Waals surface area contributed by atoms with E-state index in [-0.39, 0.29) is 6.54 Å². The molecule has 0 aliphatic heterocycles. The molecular formula is C10H15N3O4S. The molecule has 18 heavy (non-hydrogen) atoms. The molecule has 0 aliphatic carbocycles. The van der Waals surface area contributed by atoms with E-state index in [1.165, 1.54) is 18.3 Å². The maximum Gasteiger partial charge on any atom is 0.328 e. The quantitative estimate of drug-likeness (QED) is 0.607. The van der Waals surface area contributed by atoms with Gasteiger partial charge in [0.1, 0.15) is 0 Å². The Kier molecular flexibility index (Phi) is 5.05. The minimum atomic E-state index is -1.33. The number of aliphatic hydroxyl groups is 1. The van der Waals surface area contributed by atoms with Gasteiger partial charge in [0.15, 0.2) is 6.04 Å². The zero-order valence-corrected chi connectivity index (χ0v) is 10.8. The lowest BCUT2D eigenvalue weighted by Gasteiger charge is -2.17. The van der Waals surface area contributed by atoms with Crippen LogP contribution in [0.3, 0.4) is 0 Å². The second-order valence-electron chi connectivity index (χ2n) is 3.73. The number of nitrogens with one attached hydrogen (secondary N) is 2. The van der Waals surface area contributed by atoms with Crippen LogP contribution in [-0.2, 0) is 11.3 Å². The number of hydrogen-bond acceptors (Lipinski definition) is 5. The Morgan fingerprint density at radius 3 is 2.67 bits per heavy atom. The van der Waals surface area contributed by atoms with Crippen LogP contribution >= 0.6 is 11.3 Å². The Hall–Kier alpha value is -1.67. The Bertz CT molecular complexity index is 433. The third-order valence-electron chi connectivity index (χ3n) is 2.13. The van der Waals surface area contributed by atoms with E-state index >= 15 is 0 Å². The minimum absolute atomic E-state index is 0.267. The van der Waals surface area contributed by atoms with Crippen molar-refractivity contribution in [1.82, 2.24) is 15.6 Å². The van der Waals surface area contributed by atoms with Gasteiger partial charge in [-0.25, -0.2) is 14.6 Å². The predicted molar refractivity (Wildman–Crippen MR) is 65.3 cm³/mol. The minimum Gasteiger partial charge on any atom is -0.480 e. The average Bonchev–Trinajstić information content (AvgIpc) is 2.68. The molecule has 4 N–H and O–H groups in total. The first-order valence-electron chi connectivity index (χ1n) is 5.26. The van der Waals surface area contributed by atoms with E-state index < -0.39 is 24.1 Å². The molecular weight excluding hydrogens is 258 g/mol. The molecule has 0 spiro atoms. The molecule has 0 fully saturated rings. The second-order valence-corrected chi connectivity index (χ2v) is 5.05. The van der Waals surface area contributed by atoms with E-state index in [0.29, 0.717) is 0 Å². The lowest BCUT2D eigenvalue weighted by Crippen LogP contribution is -2.50. The Labute approximate surface area is 108 Å². The Morgan fingerprint density at radius 1 is 1.56 bits per heavy atom. The number of carboxylic acids is 1. The highest BCUT2D eigenvalue weighted by Gasteiger charge is 2.24. The van der Waals surface area contributed by atoms with E-state index in [1.807, 2.05) is 6.92 Å². The third kappa shape index (κ3) is 4.30. The molecule has 8 heteroatoms. The van der Waals surface area contributed by atoms with Crippen molar-refractivity contribution < 1.29 is 19.8 Å². The Morgan fingerprint density at radius 2 is 2.22 bits per heavy atom. The zero-order valence-electron chi connectivity index (χ0n) is 10.0. The lowest BCUT2D eigenvalue weighted by molar-refractivity contribution is -0.141. The van der Waals surface area contributed by atoms with Gasteiger partial charge in [0.2, 0.25) is 0 Å². The summed E-state index contributed by atoms with van der Waals surface area (Å²) in [6.45, 7) is 3.41. The molecule has 0 saturated carbocycles. The number of carbonyl (C=O) groups is 2. The van der Waals surface area contributed by atoms with Crippen molar-refractivity contribution in [3.8, 4) is 0 Å². The van der Waals surface area contributed by atoms with Crippen molar-refractivity contribution in [3.05, 3.63) is 16.1 Å². The van der Waals surface area contributed by atoms with Crippen molar-refractivity contribution in [2.24, 2.45) is 0 Å². The van der Waals surface area contributed by atoms with Crippen molar-refractivity contribution in [3.63, 3.8) is 0 Å². The number of nitrogens with zero attached hydrogens (tertiary/aromatic N) is 1. The van der Waals surface area contributed by atoms with Crippen molar-refractivity contribution in [1.29, 1.82) is 0 Å². The van der Waals surface area contributed by atoms with Gasteiger partial charge in [-0.15, -0.1) is 11.3 Å². The highest BCUT2D eigenvalue weighted by atomic mass is 32.1. The van der Waals surface area contributed by atoms with Crippen LogP contribution in [0.5, 0.6) is 0 Å². The van der Waals surface area contributed by atoms with E-state index in [4.69, 9.17) is 5.11 Å². The summed E-state index contributed by atoms with van der Waals surface area (Å²) in [4.78, 5) is 27.1. The number of aliphatic hydroxyl groups excluding tert-OH is 1. The molecule has 1 rings (SSSR count). The van der Waals surface area contributed by atoms with Crippen LogP contribution in [0.1, 0.15) is 16.8 Å². The normalized spacial score (nSPS) is 13.7. The van der Waals surface area contributed by atoms with Crippen LogP contribution < -0.4 is 10.6 Å². The summed E-state index contributed by atoms with van der Waals surface area (Å²) in [5.41, 5.74) is 0. The van der Waals surface area contributed by atoms with Gasteiger partial charge in [0.05, 0.1) is 17.7 Å². The van der Waals surface area contributed by atoms with Crippen LogP contribution in [0.4, 0.5) is 4.79 Å². The van der Waals surface area contributed by atoms with Crippen molar-refractivity contribution >= 4 is 23.3 Å². The first kappa shape index (κ1) is 14.4. The van der Waals surface area contributed by atoms with Crippen LogP contribution in [0.15, 0.2) is 6.20 Å². The standard InChI is InChI=1S/C10H15N3O4S/c1-5(14)8(9(15)16)13-10(17)12-4-7-3-11-6(2)18-7/h3,5,8,14H,4H2,1-2H3,(H,15,16)(H2,12,13,17). The van der Waals surface area contributed by atoms with Gasteiger partial charge < -0.3 is 20.8 Å². The lowest BCUT2D eigenvalue weighted by atomic mass is 10.2. The summed E-state index contributed by atoms with van der Waals surface area (Å²) < 4.78 is 0. The molecule has 0 radical (unpaired) electrons. The van der Waals surface area contributed by atoms with Crippen LogP contribution in [0, 0.1) is 6.92 Å². The maximum absolute atomic E-state index is 11.4. The maximum atomic E-state index is 11.4. The summed E-state index contributed by atoms with van der Waals surface area (Å²) in [5, 5.41) is 23.5. The topological polar surface area (TPSA) is 112 Å². The highest BCUT2D eigenvalue weighted by molar-refractivity contribution is 7.11. The van der Waals surface area contributed by atoms with Crippen LogP contribution in [0.25, 0.3) is 0 Å². The van der Waals surface area contributed by atoms with E-state index in [0.717, 1.165) is 9.88 Å². The fraction of sp³-hybridized carbons (Fsp3) is 0.500. The van der Waals surface area contributed by atoms with Gasteiger partial charge in [-0.2, -0.15) is 0 Å². The van der Waals surface area contributed by atoms with Gasteiger partial charge in [-0.3, -0.25) is 0 Å². The van der Waals surface area contributed by atoms with Gasteiger partial charge in [0, 0.05) is 11.1 Å². The number of thiazole rings is 1. The molecule has 1 heterocycles. The van der Waals surface area contributed by atoms with Crippen molar-refractivity contribution in [2.75, 3.05) is 0 Å². The smallest absolute Gasteiger partial charge is 0.328 e. The molecule has 1 aromatic rings. The third-order valence-corrected chi connectivity index (χ3v) is 3.04. The molecule has 0 saturated heterocycles. The summed E-state index contributed by atoms with van der Waals surface area (Å²) in [6, 6.07) is -1.97. The summed E-state index contributed by atoms with van der Waals surface area (Å²) in [5.74, 6) is -1.28. The number of amides is 2. The largest absolute Gasteiger partial charge is 0.480 e. The van der Waals surface area contributed by atoms with Crippen LogP contribution in [0.2, 0.25) is 0 Å². The first-order valence-corrected chi connectivity index (χ1v) is 6.08. The van der Waals surface area contributed by atoms with Crippen molar-refractivity contribution in [2.45, 2.75) is 32.5 Å². The number of aryl methyl sites for hydroxylation is 1. The summed E-state index contributed by atoms with van der Waals surface area (Å²) >= 11 is 1.44.